The highest BCUT2D eigenvalue weighted by Crippen LogP contribution is 2.13. The average molecular weight is 314 g/mol. The van der Waals surface area contributed by atoms with E-state index in [2.05, 4.69) is 29.9 Å². The molecule has 22 heavy (non-hydrogen) atoms. The monoisotopic (exact) mass is 314 g/mol. The highest BCUT2D eigenvalue weighted by Gasteiger charge is 2.17. The maximum atomic E-state index is 11.7. The van der Waals surface area contributed by atoms with Crippen molar-refractivity contribution in [2.75, 3.05) is 20.3 Å². The largest absolute Gasteiger partial charge is 0.466 e. The average Bonchev–Trinajstić information content (AvgIpc) is 2.52. The van der Waals surface area contributed by atoms with Crippen molar-refractivity contribution in [1.29, 1.82) is 0 Å². The topological polar surface area (TPSA) is 78.9 Å². The van der Waals surface area contributed by atoms with Crippen LogP contribution in [0.1, 0.15) is 46.0 Å². The number of hydrogen-bond donors (Lipinski definition) is 0. The molecule has 0 aliphatic carbocycles. The Bertz CT molecular complexity index is 388. The van der Waals surface area contributed by atoms with Crippen LogP contribution in [-0.2, 0) is 28.6 Å². The van der Waals surface area contributed by atoms with Crippen molar-refractivity contribution in [1.82, 2.24) is 0 Å². The first-order valence-electron chi connectivity index (χ1n) is 7.51. The van der Waals surface area contributed by atoms with E-state index in [4.69, 9.17) is 4.74 Å². The Hall–Kier alpha value is -1.85. The molecule has 6 heteroatoms. The zero-order valence-electron chi connectivity index (χ0n) is 13.7. The van der Waals surface area contributed by atoms with Crippen molar-refractivity contribution >= 4 is 17.9 Å². The molecule has 0 saturated carbocycles. The minimum atomic E-state index is -0.805. The van der Waals surface area contributed by atoms with Crippen LogP contribution in [0.15, 0.2) is 12.2 Å². The summed E-state index contributed by atoms with van der Waals surface area (Å²) in [5.41, 5.74) is -0.0458. The van der Waals surface area contributed by atoms with Crippen molar-refractivity contribution in [2.45, 2.75) is 46.0 Å². The summed E-state index contributed by atoms with van der Waals surface area (Å²) in [6.45, 7) is 7.48. The number of methoxy groups -OCH3 is 1. The van der Waals surface area contributed by atoms with Crippen LogP contribution < -0.4 is 0 Å². The maximum Gasteiger partial charge on any atom is 0.344 e. The van der Waals surface area contributed by atoms with Crippen LogP contribution >= 0.6 is 0 Å². The lowest BCUT2D eigenvalue weighted by atomic mass is 10.0. The van der Waals surface area contributed by atoms with Gasteiger partial charge in [-0.2, -0.15) is 0 Å². The van der Waals surface area contributed by atoms with Crippen LogP contribution in [0.2, 0.25) is 0 Å². The van der Waals surface area contributed by atoms with Gasteiger partial charge < -0.3 is 14.2 Å². The minimum Gasteiger partial charge on any atom is -0.466 e. The van der Waals surface area contributed by atoms with E-state index in [1.165, 1.54) is 7.11 Å². The number of unbranched alkanes of at least 4 members (excludes halogenated alkanes) is 1. The van der Waals surface area contributed by atoms with Crippen LogP contribution in [0, 0.1) is 5.92 Å². The summed E-state index contributed by atoms with van der Waals surface area (Å²) in [7, 11) is 1.19. The molecule has 0 spiro atoms. The van der Waals surface area contributed by atoms with Crippen molar-refractivity contribution in [3.8, 4) is 0 Å². The minimum absolute atomic E-state index is 0.0458. The second kappa shape index (κ2) is 11.8. The first kappa shape index (κ1) is 20.1. The third kappa shape index (κ3) is 9.15. The molecule has 0 fully saturated rings. The summed E-state index contributed by atoms with van der Waals surface area (Å²) in [5, 5.41) is 0. The molecule has 1 atom stereocenters. The van der Waals surface area contributed by atoms with Gasteiger partial charge in [-0.3, -0.25) is 4.79 Å². The van der Waals surface area contributed by atoms with Crippen LogP contribution in [0.4, 0.5) is 0 Å². The molecule has 0 aliphatic rings. The van der Waals surface area contributed by atoms with Gasteiger partial charge in [-0.25, -0.2) is 9.59 Å². The Labute approximate surface area is 131 Å². The van der Waals surface area contributed by atoms with Crippen LogP contribution in [0.3, 0.4) is 0 Å². The Balaban J connectivity index is 4.06. The van der Waals surface area contributed by atoms with Gasteiger partial charge in [0.25, 0.3) is 0 Å². The van der Waals surface area contributed by atoms with Crippen molar-refractivity contribution < 1.29 is 28.6 Å². The highest BCUT2D eigenvalue weighted by molar-refractivity contribution is 5.94. The van der Waals surface area contributed by atoms with E-state index < -0.39 is 24.5 Å². The summed E-state index contributed by atoms with van der Waals surface area (Å²) in [6, 6.07) is 0. The molecule has 0 aliphatic heterocycles. The van der Waals surface area contributed by atoms with E-state index in [1.807, 2.05) is 0 Å². The summed E-state index contributed by atoms with van der Waals surface area (Å²) >= 11 is 0. The van der Waals surface area contributed by atoms with Crippen LogP contribution in [0.5, 0.6) is 0 Å². The van der Waals surface area contributed by atoms with Crippen molar-refractivity contribution in [3.63, 3.8) is 0 Å². The van der Waals surface area contributed by atoms with Crippen LogP contribution in [-0.4, -0.2) is 38.2 Å². The molecule has 6 nitrogen and oxygen atoms in total. The zero-order chi connectivity index (χ0) is 17.0. The molecule has 126 valence electrons. The summed E-state index contributed by atoms with van der Waals surface area (Å²) in [4.78, 5) is 34.0. The normalized spacial score (nSPS) is 11.4. The fraction of sp³-hybridized carbons (Fsp3) is 0.688. The predicted octanol–water partition coefficient (Wildman–Crippen LogP) is 2.41. The molecule has 0 bridgehead atoms. The van der Waals surface area contributed by atoms with E-state index in [0.717, 1.165) is 25.7 Å². The molecule has 0 radical (unpaired) electrons. The SMILES string of the molecule is C=C(CC(=O)OCC(CC)CCCC)C(=O)OCC(=O)OC. The van der Waals surface area contributed by atoms with E-state index in [0.29, 0.717) is 12.5 Å². The molecule has 0 amide bonds. The Morgan fingerprint density at radius 3 is 2.32 bits per heavy atom. The Morgan fingerprint density at radius 1 is 1.09 bits per heavy atom. The van der Waals surface area contributed by atoms with Gasteiger partial charge in [-0.05, 0) is 12.3 Å². The third-order valence-electron chi connectivity index (χ3n) is 3.22. The van der Waals surface area contributed by atoms with E-state index in [9.17, 15) is 14.4 Å². The summed E-state index contributed by atoms with van der Waals surface area (Å²) < 4.78 is 14.1. The lowest BCUT2D eigenvalue weighted by Crippen LogP contribution is -2.19. The number of hydrogen-bond acceptors (Lipinski definition) is 6. The molecule has 1 unspecified atom stereocenters. The fourth-order valence-electron chi connectivity index (χ4n) is 1.69. The standard InChI is InChI=1S/C16H26O6/c1-5-7-8-13(6-2)10-21-14(17)9-12(3)16(19)22-11-15(18)20-4/h13H,3,5-11H2,1-2,4H3. The third-order valence-corrected chi connectivity index (χ3v) is 3.22. The lowest BCUT2D eigenvalue weighted by Gasteiger charge is -2.14. The molecule has 0 aromatic carbocycles. The molecular weight excluding hydrogens is 288 g/mol. The second-order valence-corrected chi connectivity index (χ2v) is 5.03. The van der Waals surface area contributed by atoms with Crippen LogP contribution in [0.25, 0.3) is 0 Å². The second-order valence-electron chi connectivity index (χ2n) is 5.03. The van der Waals surface area contributed by atoms with Gasteiger partial charge in [0.2, 0.25) is 0 Å². The number of carbonyl (C=O) groups excluding carboxylic acids is 3. The molecule has 0 rings (SSSR count). The van der Waals surface area contributed by atoms with Gasteiger partial charge in [0.1, 0.15) is 0 Å². The molecular formula is C16H26O6. The smallest absolute Gasteiger partial charge is 0.344 e. The molecule has 0 heterocycles. The zero-order valence-corrected chi connectivity index (χ0v) is 13.7. The summed E-state index contributed by atoms with van der Waals surface area (Å²) in [6.07, 6.45) is 3.91. The van der Waals surface area contributed by atoms with E-state index in [1.54, 1.807) is 0 Å². The maximum absolute atomic E-state index is 11.7. The van der Waals surface area contributed by atoms with Gasteiger partial charge in [-0.1, -0.05) is 39.7 Å². The Morgan fingerprint density at radius 2 is 1.77 bits per heavy atom. The number of ether oxygens (including phenoxy) is 3. The van der Waals surface area contributed by atoms with E-state index >= 15 is 0 Å². The van der Waals surface area contributed by atoms with Gasteiger partial charge in [0.05, 0.1) is 20.1 Å². The number of esters is 3. The van der Waals surface area contributed by atoms with Gasteiger partial charge in [-0.15, -0.1) is 0 Å². The van der Waals surface area contributed by atoms with Crippen molar-refractivity contribution in [2.24, 2.45) is 5.92 Å². The lowest BCUT2D eigenvalue weighted by molar-refractivity contribution is -0.155. The van der Waals surface area contributed by atoms with Gasteiger partial charge in [0, 0.05) is 5.57 Å². The molecule has 0 aromatic heterocycles. The first-order valence-corrected chi connectivity index (χ1v) is 7.51. The molecule has 0 saturated heterocycles. The fourth-order valence-corrected chi connectivity index (χ4v) is 1.69. The summed E-state index contributed by atoms with van der Waals surface area (Å²) in [5.74, 6) is -1.66. The highest BCUT2D eigenvalue weighted by atomic mass is 16.6. The quantitative estimate of drug-likeness (QED) is 0.331. The van der Waals surface area contributed by atoms with E-state index in [-0.39, 0.29) is 12.0 Å². The molecule has 0 aromatic rings. The first-order chi connectivity index (χ1) is 10.4. The number of rotatable bonds is 11. The molecule has 0 N–H and O–H groups in total. The van der Waals surface area contributed by atoms with Crippen molar-refractivity contribution in [3.05, 3.63) is 12.2 Å². The van der Waals surface area contributed by atoms with Gasteiger partial charge in [0.15, 0.2) is 6.61 Å². The van der Waals surface area contributed by atoms with Gasteiger partial charge >= 0.3 is 17.9 Å². The predicted molar refractivity (Wildman–Crippen MR) is 81.0 cm³/mol. The number of carbonyl (C=O) groups is 3. The Kier molecular flexibility index (Phi) is 10.8.